The first-order chi connectivity index (χ1) is 9.31. The van der Waals surface area contributed by atoms with Crippen molar-refractivity contribution in [3.05, 3.63) is 65.3 Å². The van der Waals surface area contributed by atoms with Crippen LogP contribution in [0, 0.1) is 6.92 Å². The van der Waals surface area contributed by atoms with Gasteiger partial charge in [-0.05, 0) is 37.0 Å². The Kier molecular flexibility index (Phi) is 12.9. The summed E-state index contributed by atoms with van der Waals surface area (Å²) in [6.45, 7) is 12.2. The zero-order valence-electron chi connectivity index (χ0n) is 13.3. The third-order valence-electron chi connectivity index (χ3n) is 2.76. The van der Waals surface area contributed by atoms with Gasteiger partial charge < -0.3 is 0 Å². The SMILES string of the molecule is C.C/C=C1\CC=CC=C1c1cccc(C)c1.CC.CC. The summed E-state index contributed by atoms with van der Waals surface area (Å²) < 4.78 is 0. The standard InChI is InChI=1S/C15H16.2C2H6.CH4/c1-3-13-8-4-5-10-15(13)14-9-6-7-12(2)11-14;2*1-2;/h3-7,9-11H,8H2,1-2H3;2*1-2H3;1H4/b13-3+;;;. The van der Waals surface area contributed by atoms with Crippen molar-refractivity contribution in [3.8, 4) is 0 Å². The normalized spacial score (nSPS) is 14.1. The maximum Gasteiger partial charge on any atom is -0.00914 e. The third kappa shape index (κ3) is 6.06. The van der Waals surface area contributed by atoms with Crippen molar-refractivity contribution in [1.82, 2.24) is 0 Å². The number of hydrogen-bond acceptors (Lipinski definition) is 0. The molecule has 0 aromatic heterocycles. The summed E-state index contributed by atoms with van der Waals surface area (Å²) in [5.41, 5.74) is 5.43. The molecule has 1 aromatic carbocycles. The van der Waals surface area contributed by atoms with E-state index in [0.29, 0.717) is 0 Å². The molecule has 1 aromatic rings. The lowest BCUT2D eigenvalue weighted by atomic mass is 9.91. The van der Waals surface area contributed by atoms with Crippen LogP contribution in [0.15, 0.2) is 54.1 Å². The van der Waals surface area contributed by atoms with E-state index in [2.05, 4.69) is 62.4 Å². The van der Waals surface area contributed by atoms with Gasteiger partial charge in [-0.15, -0.1) is 0 Å². The monoisotopic (exact) mass is 272 g/mol. The predicted octanol–water partition coefficient (Wildman–Crippen LogP) is 6.97. The van der Waals surface area contributed by atoms with Gasteiger partial charge >= 0.3 is 0 Å². The zero-order chi connectivity index (χ0) is 14.7. The molecule has 0 saturated heterocycles. The van der Waals surface area contributed by atoms with Gasteiger partial charge in [0.2, 0.25) is 0 Å². The lowest BCUT2D eigenvalue weighted by Gasteiger charge is -2.14. The molecule has 0 heterocycles. The fourth-order valence-corrected chi connectivity index (χ4v) is 1.94. The Morgan fingerprint density at radius 2 is 1.70 bits per heavy atom. The molecule has 0 amide bonds. The second-order valence-electron chi connectivity index (χ2n) is 3.90. The number of rotatable bonds is 1. The molecule has 0 unspecified atom stereocenters. The van der Waals surface area contributed by atoms with Gasteiger partial charge in [0.1, 0.15) is 0 Å². The van der Waals surface area contributed by atoms with E-state index >= 15 is 0 Å². The highest BCUT2D eigenvalue weighted by molar-refractivity contribution is 5.81. The van der Waals surface area contributed by atoms with E-state index in [1.54, 1.807) is 0 Å². The Balaban J connectivity index is 0. The molecule has 1 aliphatic carbocycles. The van der Waals surface area contributed by atoms with Gasteiger partial charge in [0.15, 0.2) is 0 Å². The largest absolute Gasteiger partial charge is 0.0835 e. The number of benzene rings is 1. The van der Waals surface area contributed by atoms with E-state index in [1.165, 1.54) is 22.3 Å². The summed E-state index contributed by atoms with van der Waals surface area (Å²) in [7, 11) is 0. The Labute approximate surface area is 126 Å². The minimum Gasteiger partial charge on any atom is -0.0835 e. The molecule has 0 aliphatic heterocycles. The second-order valence-corrected chi connectivity index (χ2v) is 3.90. The minimum absolute atomic E-state index is 0. The molecule has 0 fully saturated rings. The molecule has 0 spiro atoms. The molecule has 1 aliphatic rings. The van der Waals surface area contributed by atoms with Crippen LogP contribution >= 0.6 is 0 Å². The van der Waals surface area contributed by atoms with Crippen LogP contribution < -0.4 is 0 Å². The molecule has 0 heteroatoms. The highest BCUT2D eigenvalue weighted by Crippen LogP contribution is 2.29. The summed E-state index contributed by atoms with van der Waals surface area (Å²) in [6.07, 6.45) is 9.81. The van der Waals surface area contributed by atoms with Crippen molar-refractivity contribution in [3.63, 3.8) is 0 Å². The predicted molar refractivity (Wildman–Crippen MR) is 96.1 cm³/mol. The van der Waals surface area contributed by atoms with Crippen LogP contribution in [0.3, 0.4) is 0 Å². The van der Waals surface area contributed by atoms with Crippen LogP contribution in [-0.4, -0.2) is 0 Å². The fraction of sp³-hybridized carbons (Fsp3) is 0.400. The first kappa shape index (κ1) is 20.8. The first-order valence-electron chi connectivity index (χ1n) is 7.40. The van der Waals surface area contributed by atoms with Crippen LogP contribution in [-0.2, 0) is 0 Å². The summed E-state index contributed by atoms with van der Waals surface area (Å²) in [4.78, 5) is 0. The van der Waals surface area contributed by atoms with Crippen molar-refractivity contribution in [2.75, 3.05) is 0 Å². The van der Waals surface area contributed by atoms with Crippen LogP contribution in [0.2, 0.25) is 0 Å². The Bertz CT molecular complexity index is 445. The van der Waals surface area contributed by atoms with Crippen LogP contribution in [0.1, 0.15) is 59.6 Å². The van der Waals surface area contributed by atoms with Crippen molar-refractivity contribution in [2.24, 2.45) is 0 Å². The molecule has 112 valence electrons. The molecule has 0 bridgehead atoms. The molecule has 20 heavy (non-hydrogen) atoms. The van der Waals surface area contributed by atoms with E-state index in [9.17, 15) is 0 Å². The molecule has 0 N–H and O–H groups in total. The first-order valence-corrected chi connectivity index (χ1v) is 7.40. The van der Waals surface area contributed by atoms with Gasteiger partial charge in [-0.2, -0.15) is 0 Å². The van der Waals surface area contributed by atoms with Crippen LogP contribution in [0.5, 0.6) is 0 Å². The molecule has 0 saturated carbocycles. The molecular weight excluding hydrogens is 240 g/mol. The zero-order valence-corrected chi connectivity index (χ0v) is 13.3. The van der Waals surface area contributed by atoms with Gasteiger partial charge in [0, 0.05) is 0 Å². The highest BCUT2D eigenvalue weighted by atomic mass is 14.1. The van der Waals surface area contributed by atoms with Gasteiger partial charge in [-0.1, -0.05) is 89.3 Å². The van der Waals surface area contributed by atoms with Crippen molar-refractivity contribution >= 4 is 5.57 Å². The van der Waals surface area contributed by atoms with E-state index < -0.39 is 0 Å². The minimum atomic E-state index is 0. The van der Waals surface area contributed by atoms with Crippen molar-refractivity contribution in [2.45, 2.75) is 55.4 Å². The van der Waals surface area contributed by atoms with Crippen LogP contribution in [0.4, 0.5) is 0 Å². The Hall–Kier alpha value is -1.56. The van der Waals surface area contributed by atoms with Gasteiger partial charge in [-0.3, -0.25) is 0 Å². The van der Waals surface area contributed by atoms with Gasteiger partial charge in [0.05, 0.1) is 0 Å². The van der Waals surface area contributed by atoms with E-state index in [1.807, 2.05) is 27.7 Å². The summed E-state index contributed by atoms with van der Waals surface area (Å²) in [5, 5.41) is 0. The summed E-state index contributed by atoms with van der Waals surface area (Å²) in [6, 6.07) is 8.69. The molecule has 0 nitrogen and oxygen atoms in total. The lowest BCUT2D eigenvalue weighted by Crippen LogP contribution is -1.93. The number of aryl methyl sites for hydroxylation is 1. The Morgan fingerprint density at radius 1 is 1.05 bits per heavy atom. The average Bonchev–Trinajstić information content (AvgIpc) is 2.51. The Morgan fingerprint density at radius 3 is 2.25 bits per heavy atom. The molecule has 0 radical (unpaired) electrons. The third-order valence-corrected chi connectivity index (χ3v) is 2.76. The van der Waals surface area contributed by atoms with E-state index in [0.717, 1.165) is 6.42 Å². The average molecular weight is 272 g/mol. The number of hydrogen-bond donors (Lipinski definition) is 0. The smallest absolute Gasteiger partial charge is 0.00914 e. The van der Waals surface area contributed by atoms with E-state index in [4.69, 9.17) is 0 Å². The number of allylic oxidation sites excluding steroid dienone is 6. The van der Waals surface area contributed by atoms with Crippen LogP contribution in [0.25, 0.3) is 5.57 Å². The maximum atomic E-state index is 2.24. The van der Waals surface area contributed by atoms with Gasteiger partial charge in [0.25, 0.3) is 0 Å². The van der Waals surface area contributed by atoms with Gasteiger partial charge in [-0.25, -0.2) is 0 Å². The fourth-order valence-electron chi connectivity index (χ4n) is 1.94. The quantitative estimate of drug-likeness (QED) is 0.517. The second kappa shape index (κ2) is 12.5. The maximum absolute atomic E-state index is 2.24. The van der Waals surface area contributed by atoms with E-state index in [-0.39, 0.29) is 7.43 Å². The highest BCUT2D eigenvalue weighted by Gasteiger charge is 2.07. The molecule has 2 rings (SSSR count). The summed E-state index contributed by atoms with van der Waals surface area (Å²) in [5.74, 6) is 0. The summed E-state index contributed by atoms with van der Waals surface area (Å²) >= 11 is 0. The lowest BCUT2D eigenvalue weighted by molar-refractivity contribution is 1.25. The van der Waals surface area contributed by atoms with Crippen molar-refractivity contribution in [1.29, 1.82) is 0 Å². The molecule has 0 atom stereocenters. The van der Waals surface area contributed by atoms with Crippen molar-refractivity contribution < 1.29 is 0 Å². The molecular formula is C20H32. The topological polar surface area (TPSA) is 0 Å².